The van der Waals surface area contributed by atoms with Gasteiger partial charge in [0.15, 0.2) is 0 Å². The Kier molecular flexibility index (Phi) is 1.88. The van der Waals surface area contributed by atoms with Crippen LogP contribution in [0.15, 0.2) is 42.5 Å². The standard InChI is InChI=1S/C15H9NOS/c17-8-9-5-6-10-12(7-9)16-14-11-3-1-2-4-13(11)18-15(10)14/h1-8,16H. The zero-order valence-corrected chi connectivity index (χ0v) is 10.3. The zero-order valence-electron chi connectivity index (χ0n) is 9.44. The van der Waals surface area contributed by atoms with E-state index in [2.05, 4.69) is 29.2 Å². The van der Waals surface area contributed by atoms with Gasteiger partial charge in [-0.3, -0.25) is 4.79 Å². The summed E-state index contributed by atoms with van der Waals surface area (Å²) in [6.07, 6.45) is 0.881. The molecule has 0 aliphatic rings. The van der Waals surface area contributed by atoms with Gasteiger partial charge in [0.1, 0.15) is 6.29 Å². The molecule has 0 saturated carbocycles. The summed E-state index contributed by atoms with van der Waals surface area (Å²) in [4.78, 5) is 14.2. The third-order valence-corrected chi connectivity index (χ3v) is 4.48. The number of nitrogens with one attached hydrogen (secondary N) is 1. The molecule has 0 amide bonds. The van der Waals surface area contributed by atoms with Gasteiger partial charge >= 0.3 is 0 Å². The lowest BCUT2D eigenvalue weighted by Gasteiger charge is -1.92. The van der Waals surface area contributed by atoms with E-state index in [0.717, 1.165) is 11.8 Å². The molecule has 3 heteroatoms. The first-order valence-electron chi connectivity index (χ1n) is 5.75. The fraction of sp³-hybridized carbons (Fsp3) is 0. The molecular weight excluding hydrogens is 242 g/mol. The fourth-order valence-electron chi connectivity index (χ4n) is 2.43. The third-order valence-electron chi connectivity index (χ3n) is 3.28. The van der Waals surface area contributed by atoms with Crippen molar-refractivity contribution in [2.24, 2.45) is 0 Å². The first-order chi connectivity index (χ1) is 8.86. The van der Waals surface area contributed by atoms with Crippen molar-refractivity contribution in [3.05, 3.63) is 48.0 Å². The van der Waals surface area contributed by atoms with Crippen LogP contribution >= 0.6 is 11.3 Å². The summed E-state index contributed by atoms with van der Waals surface area (Å²) in [6, 6.07) is 14.2. The summed E-state index contributed by atoms with van der Waals surface area (Å²) in [5, 5.41) is 2.44. The number of fused-ring (bicyclic) bond motifs is 5. The smallest absolute Gasteiger partial charge is 0.150 e. The Hall–Kier alpha value is -2.13. The molecule has 2 heterocycles. The summed E-state index contributed by atoms with van der Waals surface area (Å²) in [5.41, 5.74) is 2.92. The number of aromatic amines is 1. The summed E-state index contributed by atoms with van der Waals surface area (Å²) in [5.74, 6) is 0. The molecule has 0 saturated heterocycles. The van der Waals surface area contributed by atoms with Crippen LogP contribution in [0.2, 0.25) is 0 Å². The number of rotatable bonds is 1. The Balaban J connectivity index is 2.22. The Bertz CT molecular complexity index is 901. The molecule has 0 aliphatic heterocycles. The molecule has 0 aliphatic carbocycles. The van der Waals surface area contributed by atoms with Gasteiger partial charge in [-0.1, -0.05) is 30.3 Å². The molecule has 4 rings (SSSR count). The highest BCUT2D eigenvalue weighted by Gasteiger charge is 2.10. The predicted octanol–water partition coefficient (Wildman–Crippen LogP) is 4.35. The second-order valence-corrected chi connectivity index (χ2v) is 5.40. The number of hydrogen-bond acceptors (Lipinski definition) is 2. The Morgan fingerprint density at radius 1 is 1.06 bits per heavy atom. The first-order valence-corrected chi connectivity index (χ1v) is 6.56. The van der Waals surface area contributed by atoms with E-state index in [4.69, 9.17) is 0 Å². The van der Waals surface area contributed by atoms with Crippen LogP contribution in [0.1, 0.15) is 10.4 Å². The SMILES string of the molecule is O=Cc1ccc2c(c1)[nH]c1c3ccccc3sc21. The number of H-pyrrole nitrogens is 1. The van der Waals surface area contributed by atoms with Crippen molar-refractivity contribution in [1.29, 1.82) is 0 Å². The number of aromatic nitrogens is 1. The number of carbonyl (C=O) groups is 1. The van der Waals surface area contributed by atoms with Crippen molar-refractivity contribution in [2.75, 3.05) is 0 Å². The molecule has 0 bridgehead atoms. The van der Waals surface area contributed by atoms with E-state index in [0.29, 0.717) is 5.56 Å². The topological polar surface area (TPSA) is 32.9 Å². The Labute approximate surface area is 107 Å². The van der Waals surface area contributed by atoms with Crippen LogP contribution in [0.3, 0.4) is 0 Å². The lowest BCUT2D eigenvalue weighted by atomic mass is 10.2. The van der Waals surface area contributed by atoms with Crippen LogP contribution in [-0.2, 0) is 0 Å². The summed E-state index contributed by atoms with van der Waals surface area (Å²) >= 11 is 1.79. The lowest BCUT2D eigenvalue weighted by Crippen LogP contribution is -1.77. The van der Waals surface area contributed by atoms with Crippen LogP contribution in [0.5, 0.6) is 0 Å². The van der Waals surface area contributed by atoms with Crippen LogP contribution < -0.4 is 0 Å². The van der Waals surface area contributed by atoms with Crippen LogP contribution in [0.25, 0.3) is 31.2 Å². The second-order valence-electron chi connectivity index (χ2n) is 4.35. The Morgan fingerprint density at radius 2 is 1.94 bits per heavy atom. The second kappa shape index (κ2) is 3.43. The molecule has 18 heavy (non-hydrogen) atoms. The largest absolute Gasteiger partial charge is 0.353 e. The van der Waals surface area contributed by atoms with Crippen molar-refractivity contribution in [3.63, 3.8) is 0 Å². The minimum atomic E-state index is 0.709. The highest BCUT2D eigenvalue weighted by molar-refractivity contribution is 7.26. The third kappa shape index (κ3) is 1.19. The normalized spacial score (nSPS) is 11.6. The molecule has 2 nitrogen and oxygen atoms in total. The van der Waals surface area contributed by atoms with E-state index in [1.807, 2.05) is 18.2 Å². The minimum absolute atomic E-state index is 0.709. The summed E-state index contributed by atoms with van der Waals surface area (Å²) in [6.45, 7) is 0. The summed E-state index contributed by atoms with van der Waals surface area (Å²) in [7, 11) is 0. The predicted molar refractivity (Wildman–Crippen MR) is 76.6 cm³/mol. The molecule has 0 radical (unpaired) electrons. The van der Waals surface area contributed by atoms with Crippen LogP contribution in [0, 0.1) is 0 Å². The van der Waals surface area contributed by atoms with Crippen molar-refractivity contribution in [3.8, 4) is 0 Å². The van der Waals surface area contributed by atoms with E-state index in [-0.39, 0.29) is 0 Å². The highest BCUT2D eigenvalue weighted by Crippen LogP contribution is 2.38. The van der Waals surface area contributed by atoms with Gasteiger partial charge in [0, 0.05) is 26.6 Å². The van der Waals surface area contributed by atoms with Gasteiger partial charge in [0.2, 0.25) is 0 Å². The van der Waals surface area contributed by atoms with Gasteiger partial charge in [-0.25, -0.2) is 0 Å². The maximum absolute atomic E-state index is 10.8. The van der Waals surface area contributed by atoms with Crippen molar-refractivity contribution >= 4 is 48.8 Å². The van der Waals surface area contributed by atoms with Gasteiger partial charge in [-0.15, -0.1) is 11.3 Å². The maximum atomic E-state index is 10.8. The van der Waals surface area contributed by atoms with E-state index in [1.165, 1.54) is 25.7 Å². The van der Waals surface area contributed by atoms with E-state index >= 15 is 0 Å². The molecule has 1 N–H and O–H groups in total. The minimum Gasteiger partial charge on any atom is -0.353 e. The average molecular weight is 251 g/mol. The van der Waals surface area contributed by atoms with Crippen molar-refractivity contribution in [2.45, 2.75) is 0 Å². The van der Waals surface area contributed by atoms with Crippen molar-refractivity contribution < 1.29 is 4.79 Å². The molecule has 2 aromatic carbocycles. The fourth-order valence-corrected chi connectivity index (χ4v) is 3.63. The number of benzene rings is 2. The van der Waals surface area contributed by atoms with Gasteiger partial charge in [0.25, 0.3) is 0 Å². The molecule has 86 valence electrons. The molecule has 0 spiro atoms. The number of carbonyl (C=O) groups excluding carboxylic acids is 1. The summed E-state index contributed by atoms with van der Waals surface area (Å²) < 4.78 is 2.56. The molecule has 4 aromatic rings. The highest BCUT2D eigenvalue weighted by atomic mass is 32.1. The number of thiophene rings is 1. The number of hydrogen-bond donors (Lipinski definition) is 1. The van der Waals surface area contributed by atoms with Gasteiger partial charge in [0.05, 0.1) is 10.2 Å². The first kappa shape index (κ1) is 9.85. The quantitative estimate of drug-likeness (QED) is 0.501. The molecule has 0 unspecified atom stereocenters. The average Bonchev–Trinajstić information content (AvgIpc) is 2.93. The van der Waals surface area contributed by atoms with Gasteiger partial charge in [-0.05, 0) is 12.1 Å². The van der Waals surface area contributed by atoms with E-state index < -0.39 is 0 Å². The van der Waals surface area contributed by atoms with Gasteiger partial charge in [-0.2, -0.15) is 0 Å². The number of aldehydes is 1. The van der Waals surface area contributed by atoms with Crippen LogP contribution in [0.4, 0.5) is 0 Å². The molecular formula is C15H9NOS. The molecule has 0 fully saturated rings. The molecule has 2 aromatic heterocycles. The maximum Gasteiger partial charge on any atom is 0.150 e. The monoisotopic (exact) mass is 251 g/mol. The lowest BCUT2D eigenvalue weighted by molar-refractivity contribution is 0.112. The van der Waals surface area contributed by atoms with Gasteiger partial charge < -0.3 is 4.98 Å². The van der Waals surface area contributed by atoms with Crippen molar-refractivity contribution in [1.82, 2.24) is 4.98 Å². The molecule has 0 atom stereocenters. The zero-order chi connectivity index (χ0) is 12.1. The van der Waals surface area contributed by atoms with Crippen LogP contribution in [-0.4, -0.2) is 11.3 Å². The Morgan fingerprint density at radius 3 is 2.83 bits per heavy atom. The van der Waals surface area contributed by atoms with E-state index in [1.54, 1.807) is 11.3 Å². The van der Waals surface area contributed by atoms with E-state index in [9.17, 15) is 4.79 Å².